The van der Waals surface area contributed by atoms with E-state index in [-0.39, 0.29) is 10.8 Å². The van der Waals surface area contributed by atoms with Crippen LogP contribution in [0.25, 0.3) is 0 Å². The molecule has 144 valence electrons. The second kappa shape index (κ2) is 7.98. The van der Waals surface area contributed by atoms with Gasteiger partial charge in [-0.25, -0.2) is 8.42 Å². The van der Waals surface area contributed by atoms with Crippen LogP contribution < -0.4 is 14.8 Å². The van der Waals surface area contributed by atoms with Gasteiger partial charge in [-0.15, -0.1) is 0 Å². The molecule has 0 spiro atoms. The van der Waals surface area contributed by atoms with E-state index in [0.717, 1.165) is 12.0 Å². The van der Waals surface area contributed by atoms with Crippen molar-refractivity contribution in [3.63, 3.8) is 0 Å². The number of hydrogen-bond acceptors (Lipinski definition) is 5. The van der Waals surface area contributed by atoms with Crippen LogP contribution in [0.5, 0.6) is 5.75 Å². The van der Waals surface area contributed by atoms with Crippen LogP contribution in [0.3, 0.4) is 0 Å². The second-order valence-corrected chi connectivity index (χ2v) is 7.96. The molecule has 0 bridgehead atoms. The standard InChI is InChI=1S/C19H22N2O5S/c1-13-9-10-14(12-16(13)20-19(22)18-8-5-11-26-18)27(23,24)21-15-6-3-4-7-17(15)25-2/h3-4,6-7,9-10,12,18,21H,5,8,11H2,1-2H3,(H,20,22)/t18-/m0/s1. The number of sulfonamides is 1. The molecule has 1 fully saturated rings. The van der Waals surface area contributed by atoms with Crippen molar-refractivity contribution in [2.45, 2.75) is 30.8 Å². The van der Waals surface area contributed by atoms with E-state index in [1.54, 1.807) is 37.3 Å². The lowest BCUT2D eigenvalue weighted by Gasteiger charge is -2.15. The fourth-order valence-corrected chi connectivity index (χ4v) is 3.93. The summed E-state index contributed by atoms with van der Waals surface area (Å²) in [6.45, 7) is 2.36. The van der Waals surface area contributed by atoms with Gasteiger partial charge in [-0.1, -0.05) is 18.2 Å². The zero-order chi connectivity index (χ0) is 19.4. The Morgan fingerprint density at radius 1 is 1.19 bits per heavy atom. The van der Waals surface area contributed by atoms with Crippen LogP contribution in [0.2, 0.25) is 0 Å². The summed E-state index contributed by atoms with van der Waals surface area (Å²) in [5, 5.41) is 2.77. The molecule has 1 amide bonds. The minimum Gasteiger partial charge on any atom is -0.495 e. The number of carbonyl (C=O) groups excluding carboxylic acids is 1. The van der Waals surface area contributed by atoms with Gasteiger partial charge in [-0.2, -0.15) is 0 Å². The molecule has 2 aromatic carbocycles. The van der Waals surface area contributed by atoms with E-state index in [2.05, 4.69) is 10.0 Å². The first kappa shape index (κ1) is 19.2. The Hall–Kier alpha value is -2.58. The third kappa shape index (κ3) is 4.40. The fourth-order valence-electron chi connectivity index (χ4n) is 2.83. The highest BCUT2D eigenvalue weighted by molar-refractivity contribution is 7.92. The van der Waals surface area contributed by atoms with Crippen LogP contribution in [0.1, 0.15) is 18.4 Å². The third-order valence-electron chi connectivity index (χ3n) is 4.35. The van der Waals surface area contributed by atoms with Crippen molar-refractivity contribution in [1.29, 1.82) is 0 Å². The summed E-state index contributed by atoms with van der Waals surface area (Å²) in [5.74, 6) is 0.155. The van der Waals surface area contributed by atoms with Crippen molar-refractivity contribution in [3.05, 3.63) is 48.0 Å². The summed E-state index contributed by atoms with van der Waals surface area (Å²) in [7, 11) is -2.38. The summed E-state index contributed by atoms with van der Waals surface area (Å²) in [6.07, 6.45) is 1.02. The summed E-state index contributed by atoms with van der Waals surface area (Å²) in [4.78, 5) is 12.3. The fraction of sp³-hybridized carbons (Fsp3) is 0.316. The summed E-state index contributed by atoms with van der Waals surface area (Å²) in [5.41, 5.74) is 1.54. The number of methoxy groups -OCH3 is 1. The smallest absolute Gasteiger partial charge is 0.262 e. The van der Waals surface area contributed by atoms with Gasteiger partial charge in [0.15, 0.2) is 0 Å². The molecule has 0 radical (unpaired) electrons. The van der Waals surface area contributed by atoms with Crippen LogP contribution >= 0.6 is 0 Å². The Morgan fingerprint density at radius 3 is 2.67 bits per heavy atom. The van der Waals surface area contributed by atoms with Gasteiger partial charge < -0.3 is 14.8 Å². The molecule has 1 heterocycles. The number of aryl methyl sites for hydroxylation is 1. The summed E-state index contributed by atoms with van der Waals surface area (Å²) >= 11 is 0. The van der Waals surface area contributed by atoms with Gasteiger partial charge >= 0.3 is 0 Å². The quantitative estimate of drug-likeness (QED) is 0.791. The maximum Gasteiger partial charge on any atom is 0.262 e. The molecule has 3 rings (SSSR count). The number of amides is 1. The first-order chi connectivity index (χ1) is 12.9. The largest absolute Gasteiger partial charge is 0.495 e. The lowest BCUT2D eigenvalue weighted by atomic mass is 10.2. The molecule has 0 aliphatic carbocycles. The topological polar surface area (TPSA) is 93.7 Å². The molecule has 1 saturated heterocycles. The Bertz CT molecular complexity index is 937. The highest BCUT2D eigenvalue weighted by atomic mass is 32.2. The molecule has 0 saturated carbocycles. The van der Waals surface area contributed by atoms with Gasteiger partial charge in [0.2, 0.25) is 0 Å². The molecule has 2 N–H and O–H groups in total. The summed E-state index contributed by atoms with van der Waals surface area (Å²) in [6, 6.07) is 11.3. The van der Waals surface area contributed by atoms with Gasteiger partial charge in [0, 0.05) is 12.3 Å². The van der Waals surface area contributed by atoms with Crippen molar-refractivity contribution in [3.8, 4) is 5.75 Å². The van der Waals surface area contributed by atoms with Crippen molar-refractivity contribution in [1.82, 2.24) is 0 Å². The molecule has 2 aromatic rings. The average Bonchev–Trinajstić information content (AvgIpc) is 3.18. The molecule has 7 nitrogen and oxygen atoms in total. The monoisotopic (exact) mass is 390 g/mol. The molecular formula is C19H22N2O5S. The molecule has 0 unspecified atom stereocenters. The van der Waals surface area contributed by atoms with Crippen LogP contribution in [-0.4, -0.2) is 34.1 Å². The first-order valence-electron chi connectivity index (χ1n) is 8.59. The molecule has 27 heavy (non-hydrogen) atoms. The van der Waals surface area contributed by atoms with Crippen LogP contribution in [0, 0.1) is 6.92 Å². The minimum absolute atomic E-state index is 0.0432. The zero-order valence-corrected chi connectivity index (χ0v) is 16.0. The Kier molecular flexibility index (Phi) is 5.67. The Morgan fingerprint density at radius 2 is 1.96 bits per heavy atom. The molecule has 1 atom stereocenters. The van der Waals surface area contributed by atoms with Crippen molar-refractivity contribution in [2.75, 3.05) is 23.8 Å². The van der Waals surface area contributed by atoms with Crippen molar-refractivity contribution < 1.29 is 22.7 Å². The molecular weight excluding hydrogens is 368 g/mol. The van der Waals surface area contributed by atoms with Crippen molar-refractivity contribution >= 4 is 27.3 Å². The maximum absolute atomic E-state index is 12.8. The highest BCUT2D eigenvalue weighted by Gasteiger charge is 2.25. The van der Waals surface area contributed by atoms with E-state index < -0.39 is 16.1 Å². The van der Waals surface area contributed by atoms with E-state index >= 15 is 0 Å². The third-order valence-corrected chi connectivity index (χ3v) is 5.71. The maximum atomic E-state index is 12.8. The molecule has 1 aliphatic heterocycles. The predicted molar refractivity (Wildman–Crippen MR) is 103 cm³/mol. The van der Waals surface area contributed by atoms with E-state index in [9.17, 15) is 13.2 Å². The molecule has 8 heteroatoms. The molecule has 1 aliphatic rings. The average molecular weight is 390 g/mol. The van der Waals surface area contributed by atoms with Crippen LogP contribution in [-0.2, 0) is 19.6 Å². The Labute approximate surface area is 158 Å². The Balaban J connectivity index is 1.84. The first-order valence-corrected chi connectivity index (χ1v) is 10.1. The van der Waals surface area contributed by atoms with E-state index in [1.165, 1.54) is 19.2 Å². The number of para-hydroxylation sites is 2. The van der Waals surface area contributed by atoms with Gasteiger partial charge in [0.05, 0.1) is 17.7 Å². The number of ether oxygens (including phenoxy) is 2. The van der Waals surface area contributed by atoms with Gasteiger partial charge in [0.25, 0.3) is 15.9 Å². The summed E-state index contributed by atoms with van der Waals surface area (Å²) < 4.78 is 38.6. The van der Waals surface area contributed by atoms with E-state index in [1.807, 2.05) is 0 Å². The van der Waals surface area contributed by atoms with Crippen LogP contribution in [0.15, 0.2) is 47.4 Å². The van der Waals surface area contributed by atoms with Gasteiger partial charge in [-0.3, -0.25) is 9.52 Å². The number of rotatable bonds is 6. The van der Waals surface area contributed by atoms with E-state index in [4.69, 9.17) is 9.47 Å². The number of benzene rings is 2. The molecule has 0 aromatic heterocycles. The van der Waals surface area contributed by atoms with Gasteiger partial charge in [0.1, 0.15) is 11.9 Å². The van der Waals surface area contributed by atoms with Gasteiger partial charge in [-0.05, 0) is 49.6 Å². The predicted octanol–water partition coefficient (Wildman–Crippen LogP) is 2.92. The van der Waals surface area contributed by atoms with Crippen LogP contribution in [0.4, 0.5) is 11.4 Å². The van der Waals surface area contributed by atoms with Crippen molar-refractivity contribution in [2.24, 2.45) is 0 Å². The lowest BCUT2D eigenvalue weighted by Crippen LogP contribution is -2.27. The number of nitrogens with one attached hydrogen (secondary N) is 2. The zero-order valence-electron chi connectivity index (χ0n) is 15.2. The normalized spacial score (nSPS) is 16.7. The second-order valence-electron chi connectivity index (χ2n) is 6.27. The highest BCUT2D eigenvalue weighted by Crippen LogP contribution is 2.28. The lowest BCUT2D eigenvalue weighted by molar-refractivity contribution is -0.124. The SMILES string of the molecule is COc1ccccc1NS(=O)(=O)c1ccc(C)c(NC(=O)[C@@H]2CCCO2)c1. The van der Waals surface area contributed by atoms with E-state index in [0.29, 0.717) is 30.2 Å². The minimum atomic E-state index is -3.85. The number of anilines is 2. The number of hydrogen-bond donors (Lipinski definition) is 2. The number of carbonyl (C=O) groups is 1.